The summed E-state index contributed by atoms with van der Waals surface area (Å²) in [7, 11) is 1.62. The van der Waals surface area contributed by atoms with Gasteiger partial charge in [0.25, 0.3) is 0 Å². The van der Waals surface area contributed by atoms with Gasteiger partial charge in [-0.15, -0.1) is 0 Å². The first-order valence-corrected chi connectivity index (χ1v) is 5.65. The van der Waals surface area contributed by atoms with Gasteiger partial charge in [-0.2, -0.15) is 13.2 Å². The predicted molar refractivity (Wildman–Crippen MR) is 62.6 cm³/mol. The normalized spacial score (nSPS) is 11.7. The Morgan fingerprint density at radius 2 is 2.05 bits per heavy atom. The first-order valence-electron chi connectivity index (χ1n) is 5.65. The molecular weight excluding hydrogens is 276 g/mol. The van der Waals surface area contributed by atoms with Crippen LogP contribution in [-0.4, -0.2) is 15.3 Å². The van der Waals surface area contributed by atoms with E-state index < -0.39 is 28.9 Å². The van der Waals surface area contributed by atoms with Crippen molar-refractivity contribution in [3.8, 4) is 0 Å². The molecular formula is C13H10F4N2O. The molecule has 1 heterocycles. The van der Waals surface area contributed by atoms with Crippen molar-refractivity contribution in [1.82, 2.24) is 9.55 Å². The average molecular weight is 286 g/mol. The van der Waals surface area contributed by atoms with Crippen molar-refractivity contribution >= 4 is 5.78 Å². The highest BCUT2D eigenvalue weighted by Gasteiger charge is 2.35. The van der Waals surface area contributed by atoms with Gasteiger partial charge < -0.3 is 4.57 Å². The Balaban J connectivity index is 2.39. The molecule has 0 aliphatic rings. The van der Waals surface area contributed by atoms with Crippen LogP contribution in [0, 0.1) is 5.82 Å². The second-order valence-electron chi connectivity index (χ2n) is 4.24. The predicted octanol–water partition coefficient (Wildman–Crippen LogP) is 3.00. The summed E-state index contributed by atoms with van der Waals surface area (Å²) in [5.74, 6) is -1.40. The molecule has 106 valence electrons. The smallest absolute Gasteiger partial charge is 0.338 e. The van der Waals surface area contributed by atoms with Crippen LogP contribution in [0.1, 0.15) is 21.7 Å². The fourth-order valence-corrected chi connectivity index (χ4v) is 1.80. The quantitative estimate of drug-likeness (QED) is 0.642. The van der Waals surface area contributed by atoms with Gasteiger partial charge in [0.15, 0.2) is 5.78 Å². The number of alkyl halides is 3. The Labute approximate surface area is 111 Å². The maximum atomic E-state index is 13.1. The minimum Gasteiger partial charge on any atom is -0.338 e. The molecule has 2 aromatic rings. The molecule has 2 rings (SSSR count). The Morgan fingerprint density at radius 3 is 2.60 bits per heavy atom. The van der Waals surface area contributed by atoms with Crippen LogP contribution in [0.2, 0.25) is 0 Å². The number of Topliss-reactive ketones (excluding diaryl/α,β-unsaturated/α-hetero) is 1. The second kappa shape index (κ2) is 5.07. The van der Waals surface area contributed by atoms with Gasteiger partial charge in [0.1, 0.15) is 11.6 Å². The lowest BCUT2D eigenvalue weighted by Crippen LogP contribution is -2.16. The maximum Gasteiger partial charge on any atom is 0.417 e. The van der Waals surface area contributed by atoms with Crippen molar-refractivity contribution in [3.63, 3.8) is 0 Å². The molecule has 7 heteroatoms. The Kier molecular flexibility index (Phi) is 3.61. The van der Waals surface area contributed by atoms with Crippen LogP contribution < -0.4 is 0 Å². The fraction of sp³-hybridized carbons (Fsp3) is 0.231. The third kappa shape index (κ3) is 2.87. The summed E-state index contributed by atoms with van der Waals surface area (Å²) in [4.78, 5) is 15.8. The molecule has 0 aliphatic heterocycles. The van der Waals surface area contributed by atoms with E-state index in [0.29, 0.717) is 24.0 Å². The zero-order valence-electron chi connectivity index (χ0n) is 10.4. The number of halogens is 4. The number of imidazole rings is 1. The van der Waals surface area contributed by atoms with E-state index in [-0.39, 0.29) is 6.42 Å². The highest BCUT2D eigenvalue weighted by Crippen LogP contribution is 2.32. The van der Waals surface area contributed by atoms with Crippen LogP contribution in [0.15, 0.2) is 30.6 Å². The largest absolute Gasteiger partial charge is 0.417 e. The van der Waals surface area contributed by atoms with E-state index in [2.05, 4.69) is 4.98 Å². The van der Waals surface area contributed by atoms with E-state index in [1.54, 1.807) is 13.2 Å². The number of aromatic nitrogens is 2. The van der Waals surface area contributed by atoms with E-state index in [1.165, 1.54) is 10.8 Å². The molecule has 3 nitrogen and oxygen atoms in total. The number of benzene rings is 1. The topological polar surface area (TPSA) is 34.9 Å². The molecule has 0 amide bonds. The van der Waals surface area contributed by atoms with Crippen molar-refractivity contribution in [1.29, 1.82) is 0 Å². The molecule has 0 aliphatic carbocycles. The summed E-state index contributed by atoms with van der Waals surface area (Å²) >= 11 is 0. The summed E-state index contributed by atoms with van der Waals surface area (Å²) in [5.41, 5.74) is -1.82. The van der Waals surface area contributed by atoms with Crippen molar-refractivity contribution in [3.05, 3.63) is 53.4 Å². The van der Waals surface area contributed by atoms with Crippen LogP contribution in [0.4, 0.5) is 17.6 Å². The second-order valence-corrected chi connectivity index (χ2v) is 4.24. The lowest BCUT2D eigenvalue weighted by Gasteiger charge is -2.12. The van der Waals surface area contributed by atoms with E-state index in [1.807, 2.05) is 0 Å². The van der Waals surface area contributed by atoms with Crippen LogP contribution in [0.5, 0.6) is 0 Å². The number of hydrogen-bond acceptors (Lipinski definition) is 2. The molecule has 0 atom stereocenters. The summed E-state index contributed by atoms with van der Waals surface area (Å²) in [6, 6.07) is 1.86. The molecule has 0 fully saturated rings. The molecule has 0 N–H and O–H groups in total. The average Bonchev–Trinajstić information content (AvgIpc) is 2.73. The van der Waals surface area contributed by atoms with Crippen LogP contribution >= 0.6 is 0 Å². The highest BCUT2D eigenvalue weighted by atomic mass is 19.4. The maximum absolute atomic E-state index is 13.1. The Hall–Kier alpha value is -2.18. The number of ketones is 1. The fourth-order valence-electron chi connectivity index (χ4n) is 1.80. The molecule has 20 heavy (non-hydrogen) atoms. The van der Waals surface area contributed by atoms with Crippen LogP contribution in [0.25, 0.3) is 0 Å². The Morgan fingerprint density at radius 1 is 1.35 bits per heavy atom. The lowest BCUT2D eigenvalue weighted by molar-refractivity contribution is -0.137. The number of aryl methyl sites for hydroxylation is 1. The molecule has 0 spiro atoms. The van der Waals surface area contributed by atoms with Crippen LogP contribution in [0.3, 0.4) is 0 Å². The van der Waals surface area contributed by atoms with E-state index in [4.69, 9.17) is 0 Å². The molecule has 1 aromatic heterocycles. The third-order valence-corrected chi connectivity index (χ3v) is 2.83. The Bertz CT molecular complexity index is 646. The first kappa shape index (κ1) is 14.2. The molecule has 0 unspecified atom stereocenters. The first-order chi connectivity index (χ1) is 9.29. The monoisotopic (exact) mass is 286 g/mol. The number of hydrogen-bond donors (Lipinski definition) is 0. The SMILES string of the molecule is Cn1ccnc1CC(=O)c1cc(F)ccc1C(F)(F)F. The zero-order chi connectivity index (χ0) is 14.9. The van der Waals surface area contributed by atoms with Crippen molar-refractivity contribution in [2.45, 2.75) is 12.6 Å². The van der Waals surface area contributed by atoms with Gasteiger partial charge in [0.05, 0.1) is 12.0 Å². The third-order valence-electron chi connectivity index (χ3n) is 2.83. The minimum absolute atomic E-state index is 0.312. The minimum atomic E-state index is -4.71. The van der Waals surface area contributed by atoms with Crippen molar-refractivity contribution in [2.75, 3.05) is 0 Å². The number of carbonyl (C=O) groups is 1. The molecule has 0 radical (unpaired) electrons. The summed E-state index contributed by atoms with van der Waals surface area (Å²) in [6.07, 6.45) is -2.03. The van der Waals surface area contributed by atoms with E-state index in [9.17, 15) is 22.4 Å². The summed E-state index contributed by atoms with van der Waals surface area (Å²) < 4.78 is 53.0. The van der Waals surface area contributed by atoms with E-state index in [0.717, 1.165) is 0 Å². The molecule has 0 saturated heterocycles. The molecule has 1 aromatic carbocycles. The van der Waals surface area contributed by atoms with Gasteiger partial charge in [-0.25, -0.2) is 9.37 Å². The van der Waals surface area contributed by atoms with Crippen LogP contribution in [-0.2, 0) is 19.6 Å². The number of carbonyl (C=O) groups excluding carboxylic acids is 1. The highest BCUT2D eigenvalue weighted by molar-refractivity contribution is 5.98. The van der Waals surface area contributed by atoms with Gasteiger partial charge in [-0.05, 0) is 18.2 Å². The standard InChI is InChI=1S/C13H10F4N2O/c1-19-5-4-18-12(19)7-11(20)9-6-8(14)2-3-10(9)13(15,16)17/h2-6H,7H2,1H3. The van der Waals surface area contributed by atoms with Crippen molar-refractivity contribution < 1.29 is 22.4 Å². The van der Waals surface area contributed by atoms with Crippen molar-refractivity contribution in [2.24, 2.45) is 7.05 Å². The lowest BCUT2D eigenvalue weighted by atomic mass is 10.0. The van der Waals surface area contributed by atoms with E-state index >= 15 is 0 Å². The van der Waals surface area contributed by atoms with Gasteiger partial charge in [0.2, 0.25) is 0 Å². The molecule has 0 bridgehead atoms. The number of rotatable bonds is 3. The zero-order valence-corrected chi connectivity index (χ0v) is 10.4. The molecule has 0 saturated carbocycles. The van der Waals surface area contributed by atoms with Gasteiger partial charge in [-0.3, -0.25) is 4.79 Å². The number of nitrogens with zero attached hydrogens (tertiary/aromatic N) is 2. The van der Waals surface area contributed by atoms with Gasteiger partial charge >= 0.3 is 6.18 Å². The van der Waals surface area contributed by atoms with Gasteiger partial charge in [-0.1, -0.05) is 0 Å². The summed E-state index contributed by atoms with van der Waals surface area (Å²) in [6.45, 7) is 0. The summed E-state index contributed by atoms with van der Waals surface area (Å²) in [5, 5.41) is 0. The van der Waals surface area contributed by atoms with Gasteiger partial charge in [0, 0.05) is 25.0 Å².